The van der Waals surface area contributed by atoms with Crippen molar-refractivity contribution in [3.8, 4) is 11.8 Å². The van der Waals surface area contributed by atoms with E-state index in [9.17, 15) is 5.11 Å². The molecule has 13 heavy (non-hydrogen) atoms. The summed E-state index contributed by atoms with van der Waals surface area (Å²) >= 11 is 0. The molecular weight excluding hydrogens is 164 g/mol. The molecule has 0 spiro atoms. The lowest BCUT2D eigenvalue weighted by molar-refractivity contribution is -0.106. The Labute approximate surface area is 80.3 Å². The van der Waals surface area contributed by atoms with E-state index in [-0.39, 0.29) is 12.2 Å². The van der Waals surface area contributed by atoms with E-state index >= 15 is 0 Å². The third kappa shape index (κ3) is 3.02. The second-order valence-corrected chi connectivity index (χ2v) is 3.85. The summed E-state index contributed by atoms with van der Waals surface area (Å²) in [6.07, 6.45) is 2.28. The molecule has 0 aromatic carbocycles. The van der Waals surface area contributed by atoms with Gasteiger partial charge in [-0.25, -0.2) is 0 Å². The van der Waals surface area contributed by atoms with E-state index in [4.69, 9.17) is 4.74 Å². The molecule has 0 aliphatic carbocycles. The number of rotatable bonds is 0. The highest BCUT2D eigenvalue weighted by Gasteiger charge is 2.35. The van der Waals surface area contributed by atoms with Crippen LogP contribution in [0, 0.1) is 11.8 Å². The summed E-state index contributed by atoms with van der Waals surface area (Å²) in [4.78, 5) is 0. The van der Waals surface area contributed by atoms with E-state index in [0.717, 1.165) is 6.42 Å². The first-order valence-corrected chi connectivity index (χ1v) is 4.93. The fraction of sp³-hybridized carbons (Fsp3) is 0.818. The highest BCUT2D eigenvalue weighted by Crippen LogP contribution is 2.27. The Hall–Kier alpha value is -0.520. The van der Waals surface area contributed by atoms with E-state index in [1.807, 2.05) is 20.8 Å². The minimum Gasteiger partial charge on any atom is -0.377 e. The lowest BCUT2D eigenvalue weighted by atomic mass is 9.88. The van der Waals surface area contributed by atoms with Gasteiger partial charge in [0.05, 0.1) is 12.2 Å². The molecule has 1 saturated heterocycles. The van der Waals surface area contributed by atoms with Gasteiger partial charge in [0.1, 0.15) is 5.60 Å². The van der Waals surface area contributed by atoms with Crippen molar-refractivity contribution < 1.29 is 9.84 Å². The molecule has 2 atom stereocenters. The summed E-state index contributed by atoms with van der Waals surface area (Å²) in [5.74, 6) is 5.88. The van der Waals surface area contributed by atoms with Crippen LogP contribution in [-0.4, -0.2) is 22.9 Å². The van der Waals surface area contributed by atoms with E-state index in [1.54, 1.807) is 0 Å². The summed E-state index contributed by atoms with van der Waals surface area (Å²) in [5.41, 5.74) is -0.812. The van der Waals surface area contributed by atoms with Crippen LogP contribution < -0.4 is 0 Å². The number of hydrogen-bond donors (Lipinski definition) is 1. The zero-order valence-corrected chi connectivity index (χ0v) is 8.63. The fourth-order valence-electron chi connectivity index (χ4n) is 1.88. The molecule has 1 fully saturated rings. The van der Waals surface area contributed by atoms with Crippen molar-refractivity contribution in [2.75, 3.05) is 0 Å². The van der Waals surface area contributed by atoms with Crippen LogP contribution in [0.3, 0.4) is 0 Å². The van der Waals surface area contributed by atoms with Crippen molar-refractivity contribution in [2.24, 2.45) is 0 Å². The summed E-state index contributed by atoms with van der Waals surface area (Å²) in [6, 6.07) is 0. The van der Waals surface area contributed by atoms with Crippen LogP contribution >= 0.6 is 0 Å². The van der Waals surface area contributed by atoms with Gasteiger partial charge in [0.2, 0.25) is 0 Å². The minimum absolute atomic E-state index is 0.111. The molecule has 0 bridgehead atoms. The summed E-state index contributed by atoms with van der Waals surface area (Å²) in [6.45, 7) is 5.95. The standard InChI is InChI=1S/C11H18O2/c1-4-5-6-11(12)7-9(2)13-10(3)8-11/h9-10,12H,4,7-8H2,1-3H3. The third-order valence-electron chi connectivity index (χ3n) is 2.21. The van der Waals surface area contributed by atoms with E-state index in [0.29, 0.717) is 12.8 Å². The van der Waals surface area contributed by atoms with Crippen LogP contribution in [0.4, 0.5) is 0 Å². The average Bonchev–Trinajstić information content (AvgIpc) is 1.98. The monoisotopic (exact) mass is 182 g/mol. The van der Waals surface area contributed by atoms with Crippen LogP contribution in [0.2, 0.25) is 0 Å². The van der Waals surface area contributed by atoms with Gasteiger partial charge in [-0.05, 0) is 13.8 Å². The molecule has 2 nitrogen and oxygen atoms in total. The Morgan fingerprint density at radius 3 is 2.38 bits per heavy atom. The summed E-state index contributed by atoms with van der Waals surface area (Å²) in [7, 11) is 0. The summed E-state index contributed by atoms with van der Waals surface area (Å²) in [5, 5.41) is 10.1. The predicted octanol–water partition coefficient (Wildman–Crippen LogP) is 1.72. The zero-order valence-electron chi connectivity index (χ0n) is 8.63. The zero-order chi connectivity index (χ0) is 9.90. The third-order valence-corrected chi connectivity index (χ3v) is 2.21. The number of hydrogen-bond acceptors (Lipinski definition) is 2. The largest absolute Gasteiger partial charge is 0.377 e. The first-order chi connectivity index (χ1) is 6.06. The van der Waals surface area contributed by atoms with Crippen molar-refractivity contribution in [2.45, 2.75) is 57.8 Å². The highest BCUT2D eigenvalue weighted by molar-refractivity contribution is 5.15. The molecule has 1 heterocycles. The molecule has 1 rings (SSSR count). The van der Waals surface area contributed by atoms with Gasteiger partial charge in [0.15, 0.2) is 0 Å². The lowest BCUT2D eigenvalue weighted by Gasteiger charge is -2.35. The van der Waals surface area contributed by atoms with E-state index < -0.39 is 5.60 Å². The molecule has 2 heteroatoms. The molecule has 0 radical (unpaired) electrons. The molecule has 0 saturated carbocycles. The SMILES string of the molecule is CCC#CC1(O)CC(C)OC(C)C1. The second-order valence-electron chi connectivity index (χ2n) is 3.85. The van der Waals surface area contributed by atoms with Crippen molar-refractivity contribution in [1.29, 1.82) is 0 Å². The number of aliphatic hydroxyl groups is 1. The van der Waals surface area contributed by atoms with Gasteiger partial charge >= 0.3 is 0 Å². The van der Waals surface area contributed by atoms with E-state index in [1.165, 1.54) is 0 Å². The Morgan fingerprint density at radius 1 is 1.38 bits per heavy atom. The molecule has 1 aliphatic heterocycles. The van der Waals surface area contributed by atoms with Gasteiger partial charge in [0.25, 0.3) is 0 Å². The van der Waals surface area contributed by atoms with Gasteiger partial charge in [-0.1, -0.05) is 12.8 Å². The van der Waals surface area contributed by atoms with Gasteiger partial charge in [-0.3, -0.25) is 0 Å². The fourth-order valence-corrected chi connectivity index (χ4v) is 1.88. The van der Waals surface area contributed by atoms with Crippen molar-refractivity contribution >= 4 is 0 Å². The predicted molar refractivity (Wildman–Crippen MR) is 52.3 cm³/mol. The second kappa shape index (κ2) is 4.13. The Morgan fingerprint density at radius 2 is 1.92 bits per heavy atom. The molecule has 2 unspecified atom stereocenters. The molecule has 74 valence electrons. The van der Waals surface area contributed by atoms with Crippen LogP contribution in [0.1, 0.15) is 40.0 Å². The number of ether oxygens (including phenoxy) is 1. The molecule has 1 N–H and O–H groups in total. The van der Waals surface area contributed by atoms with Gasteiger partial charge < -0.3 is 9.84 Å². The Balaban J connectivity index is 2.66. The quantitative estimate of drug-likeness (QED) is 0.578. The molecule has 0 aromatic heterocycles. The first-order valence-electron chi connectivity index (χ1n) is 4.93. The van der Waals surface area contributed by atoms with Crippen molar-refractivity contribution in [3.05, 3.63) is 0 Å². The van der Waals surface area contributed by atoms with Crippen LogP contribution in [0.25, 0.3) is 0 Å². The maximum absolute atomic E-state index is 10.1. The molecule has 1 aliphatic rings. The smallest absolute Gasteiger partial charge is 0.130 e. The van der Waals surface area contributed by atoms with Crippen molar-refractivity contribution in [3.63, 3.8) is 0 Å². The normalized spacial score (nSPS) is 39.4. The average molecular weight is 182 g/mol. The molecule has 0 aromatic rings. The maximum atomic E-state index is 10.1. The van der Waals surface area contributed by atoms with Gasteiger partial charge in [0, 0.05) is 19.3 Å². The maximum Gasteiger partial charge on any atom is 0.130 e. The first kappa shape index (κ1) is 10.6. The van der Waals surface area contributed by atoms with Crippen LogP contribution in [-0.2, 0) is 4.74 Å². The minimum atomic E-state index is -0.812. The van der Waals surface area contributed by atoms with E-state index in [2.05, 4.69) is 11.8 Å². The lowest BCUT2D eigenvalue weighted by Crippen LogP contribution is -2.42. The van der Waals surface area contributed by atoms with Crippen LogP contribution in [0.15, 0.2) is 0 Å². The van der Waals surface area contributed by atoms with Crippen molar-refractivity contribution in [1.82, 2.24) is 0 Å². The van der Waals surface area contributed by atoms with Gasteiger partial charge in [-0.2, -0.15) is 0 Å². The summed E-state index contributed by atoms with van der Waals surface area (Å²) < 4.78 is 5.53. The topological polar surface area (TPSA) is 29.5 Å². The molecular formula is C11H18O2. The van der Waals surface area contributed by atoms with Gasteiger partial charge in [-0.15, -0.1) is 5.92 Å². The Kier molecular flexibility index (Phi) is 3.35. The van der Waals surface area contributed by atoms with Crippen LogP contribution in [0.5, 0.6) is 0 Å². The molecule has 0 amide bonds. The highest BCUT2D eigenvalue weighted by atomic mass is 16.5. The Bertz CT molecular complexity index is 214.